The van der Waals surface area contributed by atoms with Crippen LogP contribution < -0.4 is 5.73 Å². The minimum atomic E-state index is -3.41. The van der Waals surface area contributed by atoms with E-state index in [-0.39, 0.29) is 6.04 Å². The lowest BCUT2D eigenvalue weighted by molar-refractivity contribution is 0.315. The molecule has 1 aliphatic rings. The lowest BCUT2D eigenvalue weighted by atomic mass is 10.1. The molecular formula is C16H26N2O2S. The Kier molecular flexibility index (Phi) is 5.41. The zero-order valence-electron chi connectivity index (χ0n) is 13.0. The van der Waals surface area contributed by atoms with Crippen molar-refractivity contribution in [2.75, 3.05) is 6.54 Å². The molecule has 0 amide bonds. The van der Waals surface area contributed by atoms with Crippen LogP contribution in [0.2, 0.25) is 0 Å². The van der Waals surface area contributed by atoms with Crippen molar-refractivity contribution >= 4 is 10.0 Å². The zero-order chi connectivity index (χ0) is 15.5. The molecule has 2 rings (SSSR count). The van der Waals surface area contributed by atoms with Crippen LogP contribution >= 0.6 is 0 Å². The van der Waals surface area contributed by atoms with Gasteiger partial charge in [-0.15, -0.1) is 0 Å². The average Bonchev–Trinajstić information content (AvgIpc) is 2.72. The maximum Gasteiger partial charge on any atom is 0.243 e. The first kappa shape index (κ1) is 16.5. The molecule has 1 fully saturated rings. The van der Waals surface area contributed by atoms with Crippen LogP contribution in [0.4, 0.5) is 0 Å². The third-order valence-electron chi connectivity index (χ3n) is 4.36. The highest BCUT2D eigenvalue weighted by Gasteiger charge is 2.32. The summed E-state index contributed by atoms with van der Waals surface area (Å²) in [5, 5.41) is 0. The summed E-state index contributed by atoms with van der Waals surface area (Å²) < 4.78 is 27.8. The number of aryl methyl sites for hydroxylation is 1. The van der Waals surface area contributed by atoms with Gasteiger partial charge >= 0.3 is 0 Å². The highest BCUT2D eigenvalue weighted by Crippen LogP contribution is 2.28. The van der Waals surface area contributed by atoms with E-state index in [0.29, 0.717) is 18.0 Å². The molecule has 0 aromatic heterocycles. The van der Waals surface area contributed by atoms with Crippen LogP contribution in [0.5, 0.6) is 0 Å². The van der Waals surface area contributed by atoms with E-state index < -0.39 is 10.0 Å². The Balaban J connectivity index is 2.39. The summed E-state index contributed by atoms with van der Waals surface area (Å²) in [4.78, 5) is 0.431. The molecule has 1 aromatic carbocycles. The van der Waals surface area contributed by atoms with Gasteiger partial charge in [-0.3, -0.25) is 0 Å². The molecule has 0 aliphatic carbocycles. The van der Waals surface area contributed by atoms with Crippen molar-refractivity contribution < 1.29 is 8.42 Å². The van der Waals surface area contributed by atoms with Gasteiger partial charge in [0.2, 0.25) is 10.0 Å². The monoisotopic (exact) mass is 310 g/mol. The molecule has 0 bridgehead atoms. The first-order chi connectivity index (χ1) is 10.0. The number of rotatable bonds is 4. The number of benzene rings is 1. The maximum absolute atomic E-state index is 13.0. The van der Waals surface area contributed by atoms with Gasteiger partial charge in [0.15, 0.2) is 0 Å². The molecule has 2 N–H and O–H groups in total. The molecule has 1 aliphatic heterocycles. The Hall–Kier alpha value is -0.910. The van der Waals surface area contributed by atoms with Crippen molar-refractivity contribution in [3.05, 3.63) is 29.3 Å². The molecule has 21 heavy (non-hydrogen) atoms. The number of nitrogens with two attached hydrogens (primary N) is 1. The topological polar surface area (TPSA) is 63.4 Å². The largest absolute Gasteiger partial charge is 0.326 e. The fourth-order valence-electron chi connectivity index (χ4n) is 3.13. The van der Waals surface area contributed by atoms with E-state index in [9.17, 15) is 8.42 Å². The molecule has 1 unspecified atom stereocenters. The summed E-state index contributed by atoms with van der Waals surface area (Å²) in [6.07, 6.45) is 5.04. The van der Waals surface area contributed by atoms with Gasteiger partial charge in [0.1, 0.15) is 0 Å². The summed E-state index contributed by atoms with van der Waals surface area (Å²) in [5.74, 6) is 0. The fraction of sp³-hybridized carbons (Fsp3) is 0.625. The summed E-state index contributed by atoms with van der Waals surface area (Å²) in [6.45, 7) is 5.00. The molecule has 4 nitrogen and oxygen atoms in total. The molecule has 0 saturated carbocycles. The third kappa shape index (κ3) is 3.47. The summed E-state index contributed by atoms with van der Waals surface area (Å²) in [7, 11) is -3.41. The molecule has 0 spiro atoms. The van der Waals surface area contributed by atoms with Crippen LogP contribution in [0.1, 0.15) is 50.2 Å². The Labute approximate surface area is 128 Å². The standard InChI is InChI=1S/C16H26N2O2S/c1-3-15-7-5-4-6-10-18(15)21(19,20)16-9-8-14(12-17)11-13(16)2/h8-9,11,15H,3-7,10,12,17H2,1-2H3. The van der Waals surface area contributed by atoms with Gasteiger partial charge in [-0.1, -0.05) is 31.9 Å². The van der Waals surface area contributed by atoms with Crippen LogP contribution in [0.3, 0.4) is 0 Å². The Morgan fingerprint density at radius 2 is 2.05 bits per heavy atom. The summed E-state index contributed by atoms with van der Waals surface area (Å²) in [6, 6.07) is 5.54. The second kappa shape index (κ2) is 6.90. The second-order valence-electron chi connectivity index (χ2n) is 5.83. The van der Waals surface area contributed by atoms with Crippen molar-refractivity contribution in [2.45, 2.75) is 63.4 Å². The lowest BCUT2D eigenvalue weighted by Gasteiger charge is -2.29. The van der Waals surface area contributed by atoms with Crippen LogP contribution in [-0.4, -0.2) is 25.3 Å². The van der Waals surface area contributed by atoms with E-state index >= 15 is 0 Å². The molecule has 1 heterocycles. The van der Waals surface area contributed by atoms with E-state index in [4.69, 9.17) is 5.73 Å². The quantitative estimate of drug-likeness (QED) is 0.930. The molecule has 1 aromatic rings. The van der Waals surface area contributed by atoms with Gasteiger partial charge < -0.3 is 5.73 Å². The maximum atomic E-state index is 13.0. The molecule has 5 heteroatoms. The smallest absolute Gasteiger partial charge is 0.243 e. The zero-order valence-corrected chi connectivity index (χ0v) is 13.8. The van der Waals surface area contributed by atoms with E-state index in [1.54, 1.807) is 10.4 Å². The SMILES string of the molecule is CCC1CCCCCN1S(=O)(=O)c1ccc(CN)cc1C. The highest BCUT2D eigenvalue weighted by atomic mass is 32.2. The fourth-order valence-corrected chi connectivity index (χ4v) is 5.10. The summed E-state index contributed by atoms with van der Waals surface area (Å²) >= 11 is 0. The minimum absolute atomic E-state index is 0.131. The first-order valence-corrected chi connectivity index (χ1v) is 9.26. The molecular weight excluding hydrogens is 284 g/mol. The van der Waals surface area contributed by atoms with Crippen molar-refractivity contribution in [2.24, 2.45) is 5.73 Å². The van der Waals surface area contributed by atoms with Crippen LogP contribution in [0, 0.1) is 6.92 Å². The van der Waals surface area contributed by atoms with Crippen molar-refractivity contribution in [1.82, 2.24) is 4.31 Å². The second-order valence-corrected chi connectivity index (χ2v) is 7.69. The Morgan fingerprint density at radius 3 is 2.67 bits per heavy atom. The number of hydrogen-bond donors (Lipinski definition) is 1. The van der Waals surface area contributed by atoms with E-state index in [2.05, 4.69) is 6.92 Å². The first-order valence-electron chi connectivity index (χ1n) is 7.82. The number of sulfonamides is 1. The van der Waals surface area contributed by atoms with Crippen molar-refractivity contribution in [3.8, 4) is 0 Å². The highest BCUT2D eigenvalue weighted by molar-refractivity contribution is 7.89. The number of hydrogen-bond acceptors (Lipinski definition) is 3. The predicted molar refractivity (Wildman–Crippen MR) is 85.5 cm³/mol. The molecule has 1 atom stereocenters. The van der Waals surface area contributed by atoms with Gasteiger partial charge in [-0.2, -0.15) is 4.31 Å². The van der Waals surface area contributed by atoms with E-state index in [0.717, 1.165) is 43.2 Å². The van der Waals surface area contributed by atoms with Crippen molar-refractivity contribution in [3.63, 3.8) is 0 Å². The van der Waals surface area contributed by atoms with Gasteiger partial charge in [-0.25, -0.2) is 8.42 Å². The van der Waals surface area contributed by atoms with E-state index in [1.165, 1.54) is 0 Å². The van der Waals surface area contributed by atoms with Gasteiger partial charge in [0.25, 0.3) is 0 Å². The van der Waals surface area contributed by atoms with Crippen LogP contribution in [0.25, 0.3) is 0 Å². The lowest BCUT2D eigenvalue weighted by Crippen LogP contribution is -2.39. The van der Waals surface area contributed by atoms with Gasteiger partial charge in [-0.05, 0) is 43.4 Å². The molecule has 0 radical (unpaired) electrons. The minimum Gasteiger partial charge on any atom is -0.326 e. The molecule has 118 valence electrons. The number of nitrogens with zero attached hydrogens (tertiary/aromatic N) is 1. The molecule has 1 saturated heterocycles. The Morgan fingerprint density at radius 1 is 1.29 bits per heavy atom. The van der Waals surface area contributed by atoms with Gasteiger partial charge in [0, 0.05) is 19.1 Å². The van der Waals surface area contributed by atoms with Crippen LogP contribution in [-0.2, 0) is 16.6 Å². The predicted octanol–water partition coefficient (Wildman–Crippen LogP) is 2.80. The van der Waals surface area contributed by atoms with Crippen molar-refractivity contribution in [1.29, 1.82) is 0 Å². The summed E-state index contributed by atoms with van der Waals surface area (Å²) in [5.41, 5.74) is 7.38. The Bertz CT molecular complexity index is 584. The van der Waals surface area contributed by atoms with Gasteiger partial charge in [0.05, 0.1) is 4.90 Å². The third-order valence-corrected chi connectivity index (χ3v) is 6.47. The average molecular weight is 310 g/mol. The van der Waals surface area contributed by atoms with Crippen LogP contribution in [0.15, 0.2) is 23.1 Å². The normalized spacial score (nSPS) is 21.2. The van der Waals surface area contributed by atoms with E-state index in [1.807, 2.05) is 19.1 Å².